The van der Waals surface area contributed by atoms with Crippen LogP contribution in [0.1, 0.15) is 22.8 Å². The number of hydrogen-bond donors (Lipinski definition) is 2. The van der Waals surface area contributed by atoms with Crippen LogP contribution in [-0.2, 0) is 0 Å². The van der Waals surface area contributed by atoms with E-state index < -0.39 is 24.2 Å². The van der Waals surface area contributed by atoms with Crippen molar-refractivity contribution in [2.75, 3.05) is 11.9 Å². The topological polar surface area (TPSA) is 95.1 Å². The van der Waals surface area contributed by atoms with Gasteiger partial charge < -0.3 is 10.6 Å². The fourth-order valence-electron chi connectivity index (χ4n) is 3.17. The summed E-state index contributed by atoms with van der Waals surface area (Å²) in [7, 11) is 0. The van der Waals surface area contributed by atoms with Crippen molar-refractivity contribution in [2.45, 2.75) is 12.8 Å². The highest BCUT2D eigenvalue weighted by atomic mass is 19.3. The summed E-state index contributed by atoms with van der Waals surface area (Å²) in [4.78, 5) is 16.5. The number of aromatic nitrogens is 3. The number of nitriles is 1. The fraction of sp³-hybridized carbons (Fsp3) is 0.130. The first-order valence-electron chi connectivity index (χ1n) is 9.83. The molecule has 0 fully saturated rings. The van der Waals surface area contributed by atoms with Gasteiger partial charge in [-0.05, 0) is 30.3 Å². The molecule has 0 atom stereocenters. The molecule has 0 saturated carbocycles. The molecule has 2 N–H and O–H groups in total. The third-order valence-electron chi connectivity index (χ3n) is 4.74. The third-order valence-corrected chi connectivity index (χ3v) is 4.74. The fourth-order valence-corrected chi connectivity index (χ4v) is 3.17. The number of rotatable bonds is 6. The number of para-hydroxylation sites is 1. The van der Waals surface area contributed by atoms with Crippen molar-refractivity contribution >= 4 is 23.2 Å². The summed E-state index contributed by atoms with van der Waals surface area (Å²) >= 11 is 0. The van der Waals surface area contributed by atoms with Gasteiger partial charge in [0.15, 0.2) is 5.65 Å². The van der Waals surface area contributed by atoms with Crippen molar-refractivity contribution in [2.24, 2.45) is 0 Å². The number of amides is 1. The molecule has 0 saturated heterocycles. The van der Waals surface area contributed by atoms with E-state index in [0.29, 0.717) is 29.4 Å². The Kier molecular flexibility index (Phi) is 5.70. The Labute approximate surface area is 186 Å². The van der Waals surface area contributed by atoms with Crippen LogP contribution < -0.4 is 10.6 Å². The minimum atomic E-state index is -3.11. The van der Waals surface area contributed by atoms with Crippen LogP contribution in [0.3, 0.4) is 0 Å². The smallest absolute Gasteiger partial charge is 0.262 e. The molecule has 33 heavy (non-hydrogen) atoms. The number of halogens is 3. The number of pyridine rings is 1. The maximum atomic E-state index is 15.1. The van der Waals surface area contributed by atoms with Crippen LogP contribution in [0.25, 0.3) is 16.8 Å². The van der Waals surface area contributed by atoms with Gasteiger partial charge in [0.25, 0.3) is 11.8 Å². The summed E-state index contributed by atoms with van der Waals surface area (Å²) < 4.78 is 42.6. The van der Waals surface area contributed by atoms with Crippen LogP contribution in [0.5, 0.6) is 0 Å². The molecule has 2 aromatic heterocycles. The Morgan fingerprint density at radius 2 is 1.94 bits per heavy atom. The number of hydrogen-bond acceptors (Lipinski definition) is 5. The molecule has 7 nitrogen and oxygen atoms in total. The molecule has 10 heteroatoms. The van der Waals surface area contributed by atoms with Crippen molar-refractivity contribution in [1.29, 1.82) is 5.26 Å². The summed E-state index contributed by atoms with van der Waals surface area (Å²) in [6.07, 6.45) is 1.53. The molecular weight excluding hydrogens is 433 g/mol. The molecule has 4 rings (SSSR count). The van der Waals surface area contributed by atoms with E-state index in [4.69, 9.17) is 0 Å². The second-order valence-corrected chi connectivity index (χ2v) is 7.36. The highest BCUT2D eigenvalue weighted by molar-refractivity contribution is 5.96. The maximum absolute atomic E-state index is 15.1. The lowest BCUT2D eigenvalue weighted by molar-refractivity contribution is 0.0220. The zero-order valence-corrected chi connectivity index (χ0v) is 17.3. The lowest BCUT2D eigenvalue weighted by atomic mass is 10.0. The standard InChI is InChI=1S/C23H17F3N6O/c1-23(25,26)13-28-21(33)17-7-4-6-16(20(17)24)15-9-10-19-30-22(31-32(19)12-15)29-18-8-3-2-5-14(18)11-27/h2-10,12H,13H2,1H3,(H,28,33)(H,29,31). The number of benzene rings is 2. The van der Waals surface area contributed by atoms with Gasteiger partial charge in [0.05, 0.1) is 23.4 Å². The molecule has 2 heterocycles. The number of alkyl halides is 2. The molecule has 4 aromatic rings. The van der Waals surface area contributed by atoms with E-state index in [-0.39, 0.29) is 17.1 Å². The minimum absolute atomic E-state index is 0.104. The number of fused-ring (bicyclic) bond motifs is 1. The van der Waals surface area contributed by atoms with Gasteiger partial charge in [-0.2, -0.15) is 10.2 Å². The zero-order chi connectivity index (χ0) is 23.6. The van der Waals surface area contributed by atoms with Gasteiger partial charge in [-0.3, -0.25) is 4.79 Å². The summed E-state index contributed by atoms with van der Waals surface area (Å²) in [6, 6.07) is 16.4. The highest BCUT2D eigenvalue weighted by Crippen LogP contribution is 2.26. The molecule has 0 bridgehead atoms. The number of nitrogens with one attached hydrogen (secondary N) is 2. The number of anilines is 2. The second kappa shape index (κ2) is 8.63. The molecular formula is C23H17F3N6O. The normalized spacial score (nSPS) is 11.2. The van der Waals surface area contributed by atoms with Gasteiger partial charge in [0.1, 0.15) is 11.9 Å². The molecule has 0 unspecified atom stereocenters. The Hall–Kier alpha value is -4.39. The van der Waals surface area contributed by atoms with E-state index >= 15 is 4.39 Å². The number of carbonyl (C=O) groups excluding carboxylic acids is 1. The minimum Gasteiger partial charge on any atom is -0.346 e. The predicted octanol–water partition coefficient (Wildman–Crippen LogP) is 4.54. The molecule has 0 aliphatic carbocycles. The van der Waals surface area contributed by atoms with E-state index in [1.54, 1.807) is 36.4 Å². The van der Waals surface area contributed by atoms with Crippen LogP contribution in [0.15, 0.2) is 60.8 Å². The maximum Gasteiger partial charge on any atom is 0.262 e. The van der Waals surface area contributed by atoms with Crippen LogP contribution in [-0.4, -0.2) is 33.0 Å². The predicted molar refractivity (Wildman–Crippen MR) is 116 cm³/mol. The summed E-state index contributed by atoms with van der Waals surface area (Å²) in [5.41, 5.74) is 1.60. The second-order valence-electron chi connectivity index (χ2n) is 7.36. The molecule has 166 valence electrons. The number of carbonyl (C=O) groups is 1. The van der Waals surface area contributed by atoms with E-state index in [0.717, 1.165) is 0 Å². The summed E-state index contributed by atoms with van der Waals surface area (Å²) in [6.45, 7) is -0.236. The van der Waals surface area contributed by atoms with Crippen molar-refractivity contribution < 1.29 is 18.0 Å². The number of nitrogens with zero attached hydrogens (tertiary/aromatic N) is 4. The van der Waals surface area contributed by atoms with Crippen LogP contribution in [0.2, 0.25) is 0 Å². The average molecular weight is 450 g/mol. The van der Waals surface area contributed by atoms with Gasteiger partial charge in [-0.25, -0.2) is 17.7 Å². The van der Waals surface area contributed by atoms with E-state index in [1.807, 2.05) is 5.32 Å². The van der Waals surface area contributed by atoms with Gasteiger partial charge in [-0.15, -0.1) is 5.10 Å². The average Bonchev–Trinajstić information content (AvgIpc) is 3.19. The van der Waals surface area contributed by atoms with Crippen LogP contribution in [0, 0.1) is 17.1 Å². The summed E-state index contributed by atoms with van der Waals surface area (Å²) in [5, 5.41) is 18.6. The molecule has 0 aliphatic rings. The zero-order valence-electron chi connectivity index (χ0n) is 17.3. The first-order valence-corrected chi connectivity index (χ1v) is 9.83. The quantitative estimate of drug-likeness (QED) is 0.450. The first kappa shape index (κ1) is 21.8. The van der Waals surface area contributed by atoms with Crippen molar-refractivity contribution in [3.8, 4) is 17.2 Å². The SMILES string of the molecule is CC(F)(F)CNC(=O)c1cccc(-c2ccc3nc(Nc4ccccc4C#N)nn3c2)c1F. The monoisotopic (exact) mass is 450 g/mol. The lowest BCUT2D eigenvalue weighted by Crippen LogP contribution is -2.34. The first-order chi connectivity index (χ1) is 15.7. The molecule has 0 aliphatic heterocycles. The molecule has 2 aromatic carbocycles. The van der Waals surface area contributed by atoms with E-state index in [1.165, 1.54) is 28.9 Å². The highest BCUT2D eigenvalue weighted by Gasteiger charge is 2.24. The Bertz CT molecular complexity index is 1390. The van der Waals surface area contributed by atoms with Gasteiger partial charge in [-0.1, -0.05) is 24.3 Å². The van der Waals surface area contributed by atoms with E-state index in [9.17, 15) is 18.8 Å². The van der Waals surface area contributed by atoms with Crippen molar-refractivity contribution in [1.82, 2.24) is 19.9 Å². The van der Waals surface area contributed by atoms with Gasteiger partial charge >= 0.3 is 0 Å². The molecule has 0 spiro atoms. The Morgan fingerprint density at radius 1 is 1.15 bits per heavy atom. The third kappa shape index (κ3) is 4.77. The van der Waals surface area contributed by atoms with Crippen LogP contribution in [0.4, 0.5) is 24.8 Å². The lowest BCUT2D eigenvalue weighted by Gasteiger charge is -2.13. The van der Waals surface area contributed by atoms with Crippen molar-refractivity contribution in [3.63, 3.8) is 0 Å². The summed E-state index contributed by atoms with van der Waals surface area (Å²) in [5.74, 6) is -4.64. The van der Waals surface area contributed by atoms with Crippen molar-refractivity contribution in [3.05, 3.63) is 77.7 Å². The van der Waals surface area contributed by atoms with E-state index in [2.05, 4.69) is 21.5 Å². The Morgan fingerprint density at radius 3 is 2.70 bits per heavy atom. The largest absolute Gasteiger partial charge is 0.346 e. The molecule has 0 radical (unpaired) electrons. The van der Waals surface area contributed by atoms with Crippen LogP contribution >= 0.6 is 0 Å². The molecule has 1 amide bonds. The van der Waals surface area contributed by atoms with Gasteiger partial charge in [0.2, 0.25) is 5.95 Å². The van der Waals surface area contributed by atoms with Gasteiger partial charge in [0, 0.05) is 24.2 Å². The Balaban J connectivity index is 1.63.